The van der Waals surface area contributed by atoms with Crippen LogP contribution in [0.2, 0.25) is 0 Å². The molecule has 1 heterocycles. The summed E-state index contributed by atoms with van der Waals surface area (Å²) < 4.78 is 26.3. The zero-order valence-corrected chi connectivity index (χ0v) is 11.9. The maximum atomic E-state index is 13.1. The van der Waals surface area contributed by atoms with E-state index in [4.69, 9.17) is 0 Å². The molecule has 0 radical (unpaired) electrons. The number of hydrogen-bond acceptors (Lipinski definition) is 3. The van der Waals surface area contributed by atoms with Crippen LogP contribution in [0, 0.1) is 11.6 Å². The van der Waals surface area contributed by atoms with E-state index >= 15 is 0 Å². The first-order chi connectivity index (χ1) is 8.83. The lowest BCUT2D eigenvalue weighted by atomic mass is 10.1. The molecular formula is C14H16F2N2S. The Hall–Kier alpha value is -1.33. The van der Waals surface area contributed by atoms with Crippen LogP contribution in [-0.4, -0.2) is 10.5 Å². The van der Waals surface area contributed by atoms with Gasteiger partial charge in [-0.1, -0.05) is 0 Å². The second-order valence-corrected chi connectivity index (χ2v) is 6.51. The summed E-state index contributed by atoms with van der Waals surface area (Å²) in [5, 5.41) is 3.98. The fraction of sp³-hybridized carbons (Fsp3) is 0.357. The number of nitrogens with one attached hydrogen (secondary N) is 1. The summed E-state index contributed by atoms with van der Waals surface area (Å²) >= 11 is 1.44. The third-order valence-corrected chi connectivity index (χ3v) is 3.50. The molecule has 0 saturated carbocycles. The number of halogens is 2. The molecule has 0 aliphatic rings. The largest absolute Gasteiger partial charge is 0.307 e. The molecule has 1 aromatic heterocycles. The fourth-order valence-electron chi connectivity index (χ4n) is 1.55. The Morgan fingerprint density at radius 1 is 1.16 bits per heavy atom. The third kappa shape index (κ3) is 4.08. The second kappa shape index (κ2) is 5.35. The number of rotatable bonds is 3. The van der Waals surface area contributed by atoms with Gasteiger partial charge in [-0.05, 0) is 32.9 Å². The van der Waals surface area contributed by atoms with Gasteiger partial charge >= 0.3 is 0 Å². The summed E-state index contributed by atoms with van der Waals surface area (Å²) in [6.45, 7) is 6.93. The Kier molecular flexibility index (Phi) is 3.96. The van der Waals surface area contributed by atoms with Gasteiger partial charge in [-0.2, -0.15) is 0 Å². The molecule has 0 bridgehead atoms. The van der Waals surface area contributed by atoms with E-state index in [0.717, 1.165) is 10.9 Å². The molecular weight excluding hydrogens is 266 g/mol. The molecule has 0 spiro atoms. The lowest BCUT2D eigenvalue weighted by Gasteiger charge is -2.19. The normalized spacial score (nSPS) is 11.8. The monoisotopic (exact) mass is 282 g/mol. The van der Waals surface area contributed by atoms with E-state index in [9.17, 15) is 8.78 Å². The Morgan fingerprint density at radius 2 is 1.79 bits per heavy atom. The molecule has 5 heteroatoms. The Balaban J connectivity index is 2.16. The highest BCUT2D eigenvalue weighted by Crippen LogP contribution is 2.26. The van der Waals surface area contributed by atoms with Crippen LogP contribution in [0.1, 0.15) is 25.6 Å². The summed E-state index contributed by atoms with van der Waals surface area (Å²) in [7, 11) is 0. The molecule has 2 rings (SSSR count). The van der Waals surface area contributed by atoms with Crippen LogP contribution >= 0.6 is 11.3 Å². The van der Waals surface area contributed by atoms with Gasteiger partial charge in [-0.15, -0.1) is 11.3 Å². The number of hydrogen-bond donors (Lipinski definition) is 1. The van der Waals surface area contributed by atoms with E-state index in [1.54, 1.807) is 6.20 Å². The van der Waals surface area contributed by atoms with Crippen LogP contribution in [0.3, 0.4) is 0 Å². The molecule has 102 valence electrons. The molecule has 0 aliphatic heterocycles. The quantitative estimate of drug-likeness (QED) is 0.921. The van der Waals surface area contributed by atoms with Gasteiger partial charge in [0.15, 0.2) is 0 Å². The van der Waals surface area contributed by atoms with Crippen molar-refractivity contribution in [1.29, 1.82) is 0 Å². The van der Waals surface area contributed by atoms with Crippen molar-refractivity contribution in [2.45, 2.75) is 32.9 Å². The smallest absolute Gasteiger partial charge is 0.126 e. The van der Waals surface area contributed by atoms with Crippen molar-refractivity contribution in [3.63, 3.8) is 0 Å². The summed E-state index contributed by atoms with van der Waals surface area (Å²) in [4.78, 5) is 5.25. The van der Waals surface area contributed by atoms with Gasteiger partial charge in [0.2, 0.25) is 0 Å². The van der Waals surface area contributed by atoms with Crippen molar-refractivity contribution in [3.05, 3.63) is 40.9 Å². The lowest BCUT2D eigenvalue weighted by molar-refractivity contribution is 0.426. The molecule has 0 amide bonds. The number of benzene rings is 1. The van der Waals surface area contributed by atoms with Crippen LogP contribution in [0.25, 0.3) is 10.6 Å². The highest BCUT2D eigenvalue weighted by Gasteiger charge is 2.11. The average Bonchev–Trinajstić information content (AvgIpc) is 2.72. The van der Waals surface area contributed by atoms with Gasteiger partial charge in [0, 0.05) is 34.8 Å². The Labute approximate surface area is 115 Å². The van der Waals surface area contributed by atoms with Crippen LogP contribution in [0.5, 0.6) is 0 Å². The van der Waals surface area contributed by atoms with Gasteiger partial charge < -0.3 is 5.32 Å². The third-order valence-electron chi connectivity index (χ3n) is 2.46. The topological polar surface area (TPSA) is 24.9 Å². The average molecular weight is 282 g/mol. The van der Waals surface area contributed by atoms with Crippen molar-refractivity contribution in [1.82, 2.24) is 10.3 Å². The van der Waals surface area contributed by atoms with E-state index in [0.29, 0.717) is 17.1 Å². The predicted octanol–water partition coefficient (Wildman–Crippen LogP) is 3.98. The number of aromatic nitrogens is 1. The van der Waals surface area contributed by atoms with E-state index in [1.165, 1.54) is 23.5 Å². The van der Waals surface area contributed by atoms with Gasteiger partial charge in [-0.3, -0.25) is 0 Å². The van der Waals surface area contributed by atoms with Gasteiger partial charge in [0.25, 0.3) is 0 Å². The molecule has 1 aromatic carbocycles. The molecule has 0 unspecified atom stereocenters. The standard InChI is InChI=1S/C14H16F2N2S/c1-14(2,3)18-8-12-7-17-13(19-12)9-4-10(15)6-11(16)5-9/h4-7,18H,8H2,1-3H3. The summed E-state index contributed by atoms with van der Waals surface area (Å²) in [6, 6.07) is 3.45. The predicted molar refractivity (Wildman–Crippen MR) is 74.1 cm³/mol. The van der Waals surface area contributed by atoms with Crippen molar-refractivity contribution >= 4 is 11.3 Å². The van der Waals surface area contributed by atoms with Crippen molar-refractivity contribution in [3.8, 4) is 10.6 Å². The van der Waals surface area contributed by atoms with Gasteiger partial charge in [0.1, 0.15) is 16.6 Å². The number of thiazole rings is 1. The van der Waals surface area contributed by atoms with E-state index < -0.39 is 11.6 Å². The van der Waals surface area contributed by atoms with Crippen molar-refractivity contribution in [2.24, 2.45) is 0 Å². The minimum absolute atomic E-state index is 0.0229. The summed E-state index contributed by atoms with van der Waals surface area (Å²) in [6.07, 6.45) is 1.74. The lowest BCUT2D eigenvalue weighted by Crippen LogP contribution is -2.34. The molecule has 2 aromatic rings. The molecule has 2 nitrogen and oxygen atoms in total. The van der Waals surface area contributed by atoms with Crippen LogP contribution < -0.4 is 5.32 Å². The van der Waals surface area contributed by atoms with Gasteiger partial charge in [-0.25, -0.2) is 13.8 Å². The van der Waals surface area contributed by atoms with E-state index in [1.807, 2.05) is 0 Å². The number of nitrogens with zero attached hydrogens (tertiary/aromatic N) is 1. The maximum absolute atomic E-state index is 13.1. The van der Waals surface area contributed by atoms with Crippen LogP contribution in [0.4, 0.5) is 8.78 Å². The van der Waals surface area contributed by atoms with Crippen molar-refractivity contribution < 1.29 is 8.78 Å². The Bertz CT molecular complexity index is 553. The zero-order valence-electron chi connectivity index (χ0n) is 11.1. The molecule has 0 atom stereocenters. The first-order valence-corrected chi connectivity index (χ1v) is 6.81. The fourth-order valence-corrected chi connectivity index (χ4v) is 2.39. The minimum Gasteiger partial charge on any atom is -0.307 e. The van der Waals surface area contributed by atoms with Crippen LogP contribution in [-0.2, 0) is 6.54 Å². The summed E-state index contributed by atoms with van der Waals surface area (Å²) in [5.41, 5.74) is 0.499. The molecule has 1 N–H and O–H groups in total. The molecule has 0 saturated heterocycles. The first kappa shape index (κ1) is 14.1. The minimum atomic E-state index is -0.584. The second-order valence-electron chi connectivity index (χ2n) is 5.39. The van der Waals surface area contributed by atoms with Crippen molar-refractivity contribution in [2.75, 3.05) is 0 Å². The first-order valence-electron chi connectivity index (χ1n) is 6.00. The molecule has 0 fully saturated rings. The highest BCUT2D eigenvalue weighted by molar-refractivity contribution is 7.15. The van der Waals surface area contributed by atoms with E-state index in [-0.39, 0.29) is 5.54 Å². The zero-order chi connectivity index (χ0) is 14.0. The highest BCUT2D eigenvalue weighted by atomic mass is 32.1. The molecule has 0 aliphatic carbocycles. The summed E-state index contributed by atoms with van der Waals surface area (Å²) in [5.74, 6) is -1.17. The maximum Gasteiger partial charge on any atom is 0.126 e. The Morgan fingerprint density at radius 3 is 2.37 bits per heavy atom. The van der Waals surface area contributed by atoms with Crippen LogP contribution in [0.15, 0.2) is 24.4 Å². The molecule has 19 heavy (non-hydrogen) atoms. The SMILES string of the molecule is CC(C)(C)NCc1cnc(-c2cc(F)cc(F)c2)s1. The van der Waals surface area contributed by atoms with E-state index in [2.05, 4.69) is 31.1 Å². The van der Waals surface area contributed by atoms with Gasteiger partial charge in [0.05, 0.1) is 0 Å².